The van der Waals surface area contributed by atoms with Gasteiger partial charge in [-0.3, -0.25) is 4.79 Å². The van der Waals surface area contributed by atoms with E-state index in [1.807, 2.05) is 62.4 Å². The van der Waals surface area contributed by atoms with Gasteiger partial charge in [-0.1, -0.05) is 36.4 Å². The molecule has 0 aliphatic carbocycles. The van der Waals surface area contributed by atoms with Crippen molar-refractivity contribution >= 4 is 29.2 Å². The van der Waals surface area contributed by atoms with Gasteiger partial charge in [0.25, 0.3) is 0 Å². The van der Waals surface area contributed by atoms with Crippen molar-refractivity contribution in [3.05, 3.63) is 81.9 Å². The molecule has 210 valence electrons. The molecule has 0 saturated heterocycles. The Balaban J connectivity index is 0.000000681. The maximum Gasteiger partial charge on any atom is 0.310 e. The van der Waals surface area contributed by atoms with Gasteiger partial charge in [0.15, 0.2) is 11.6 Å². The van der Waals surface area contributed by atoms with E-state index in [-0.39, 0.29) is 18.2 Å². The van der Waals surface area contributed by atoms with E-state index in [0.29, 0.717) is 23.7 Å². The fourth-order valence-electron chi connectivity index (χ4n) is 4.82. The van der Waals surface area contributed by atoms with E-state index in [2.05, 4.69) is 4.98 Å². The fourth-order valence-corrected chi connectivity index (χ4v) is 4.82. The molecule has 0 fully saturated rings. The molecule has 5 rings (SSSR count). The zero-order chi connectivity index (χ0) is 29.0. The third-order valence-electron chi connectivity index (χ3n) is 6.61. The summed E-state index contributed by atoms with van der Waals surface area (Å²) in [5.74, 6) is -0.407. The van der Waals surface area contributed by atoms with Crippen LogP contribution >= 0.6 is 0 Å². The number of aryl methyl sites for hydroxylation is 1. The number of benzene rings is 2. The Morgan fingerprint density at radius 2 is 1.88 bits per heavy atom. The number of aliphatic hydroxyl groups is 1. The van der Waals surface area contributed by atoms with Crippen LogP contribution in [0.1, 0.15) is 60.8 Å². The number of halogens is 1. The lowest BCUT2D eigenvalue weighted by Crippen LogP contribution is -2.13. The topological polar surface area (TPSA) is 84.4 Å². The number of esters is 1. The maximum absolute atomic E-state index is 15.2. The number of carbonyl (C=O) groups excluding carboxylic acids is 1. The molecular formula is C33H37FN2O4. The van der Waals surface area contributed by atoms with Crippen LogP contribution in [0.5, 0.6) is 5.75 Å². The van der Waals surface area contributed by atoms with Gasteiger partial charge < -0.3 is 19.6 Å². The second-order valence-corrected chi connectivity index (χ2v) is 11.0. The Morgan fingerprint density at radius 1 is 1.18 bits per heavy atom. The number of hydrogen-bond donors (Lipinski definition) is 2. The lowest BCUT2D eigenvalue weighted by atomic mass is 9.87. The molecular weight excluding hydrogens is 507 g/mol. The standard InChI is InChI=1S/C29H27FN2O3.C4H10O/c1-17-21-10-7-13-35-28(21)25(30)15-22(17)27-23(16-26(33)34-3)18(2)31-29-24(27)14-20(32-29)12-11-19-8-5-4-6-9-19;1-4(2,3)5/h4-6,8-9,11-12,14-15H,7,10,13,16H2,1-3H3,(H,31,32);5H,1-3H3/b12-11+;. The van der Waals surface area contributed by atoms with Crippen molar-refractivity contribution in [2.45, 2.75) is 59.5 Å². The Hall–Kier alpha value is -3.97. The lowest BCUT2D eigenvalue weighted by molar-refractivity contribution is -0.139. The molecule has 0 spiro atoms. The molecule has 0 radical (unpaired) electrons. The van der Waals surface area contributed by atoms with Gasteiger partial charge in [-0.2, -0.15) is 0 Å². The number of hydrogen-bond acceptors (Lipinski definition) is 5. The van der Waals surface area contributed by atoms with E-state index in [9.17, 15) is 4.79 Å². The highest BCUT2D eigenvalue weighted by molar-refractivity contribution is 5.99. The summed E-state index contributed by atoms with van der Waals surface area (Å²) in [6, 6.07) is 13.6. The number of rotatable bonds is 5. The normalized spacial score (nSPS) is 13.0. The molecule has 6 nitrogen and oxygen atoms in total. The van der Waals surface area contributed by atoms with Gasteiger partial charge in [-0.05, 0) is 93.5 Å². The molecule has 40 heavy (non-hydrogen) atoms. The summed E-state index contributed by atoms with van der Waals surface area (Å²) in [5, 5.41) is 9.36. The molecule has 0 amide bonds. The number of aromatic nitrogens is 2. The van der Waals surface area contributed by atoms with Crippen LogP contribution < -0.4 is 4.74 Å². The number of ether oxygens (including phenoxy) is 2. The Morgan fingerprint density at radius 3 is 2.55 bits per heavy atom. The van der Waals surface area contributed by atoms with Crippen LogP contribution in [0.3, 0.4) is 0 Å². The van der Waals surface area contributed by atoms with E-state index in [4.69, 9.17) is 19.6 Å². The molecule has 3 heterocycles. The molecule has 0 unspecified atom stereocenters. The largest absolute Gasteiger partial charge is 0.490 e. The maximum atomic E-state index is 15.2. The monoisotopic (exact) mass is 544 g/mol. The van der Waals surface area contributed by atoms with E-state index in [0.717, 1.165) is 57.3 Å². The number of H-pyrrole nitrogens is 1. The number of methoxy groups -OCH3 is 1. The Bertz CT molecular complexity index is 1540. The molecule has 2 N–H and O–H groups in total. The quantitative estimate of drug-likeness (QED) is 0.265. The molecule has 0 saturated carbocycles. The first-order chi connectivity index (χ1) is 19.0. The summed E-state index contributed by atoms with van der Waals surface area (Å²) < 4.78 is 25.8. The van der Waals surface area contributed by atoms with Gasteiger partial charge in [0.1, 0.15) is 5.65 Å². The Labute approximate surface area is 234 Å². The smallest absolute Gasteiger partial charge is 0.310 e. The minimum absolute atomic E-state index is 0.0512. The van der Waals surface area contributed by atoms with Gasteiger partial charge in [0.05, 0.1) is 25.7 Å². The highest BCUT2D eigenvalue weighted by Crippen LogP contribution is 2.41. The fraction of sp³-hybridized carbons (Fsp3) is 0.333. The van der Waals surface area contributed by atoms with Crippen molar-refractivity contribution in [2.24, 2.45) is 0 Å². The highest BCUT2D eigenvalue weighted by atomic mass is 19.1. The zero-order valence-corrected chi connectivity index (χ0v) is 24.0. The molecule has 1 aliphatic rings. The van der Waals surface area contributed by atoms with Gasteiger partial charge in [0.2, 0.25) is 0 Å². The molecule has 0 bridgehead atoms. The summed E-state index contributed by atoms with van der Waals surface area (Å²) in [4.78, 5) is 20.5. The predicted molar refractivity (Wildman–Crippen MR) is 158 cm³/mol. The molecule has 1 aliphatic heterocycles. The van der Waals surface area contributed by atoms with Crippen molar-refractivity contribution in [1.82, 2.24) is 9.97 Å². The number of fused-ring (bicyclic) bond motifs is 2. The van der Waals surface area contributed by atoms with Crippen LogP contribution in [0.25, 0.3) is 34.3 Å². The second kappa shape index (κ2) is 12.0. The van der Waals surface area contributed by atoms with Crippen molar-refractivity contribution in [3.63, 3.8) is 0 Å². The zero-order valence-electron chi connectivity index (χ0n) is 24.0. The number of nitrogens with zero attached hydrogens (tertiary/aromatic N) is 1. The van der Waals surface area contributed by atoms with Gasteiger partial charge in [-0.15, -0.1) is 0 Å². The first kappa shape index (κ1) is 29.0. The average molecular weight is 545 g/mol. The SMILES string of the molecule is CC(C)(C)O.COC(=O)Cc1c(C)nc2[nH]c(/C=C/c3ccccc3)cc2c1-c1cc(F)c2c(c1C)CCCO2. The van der Waals surface area contributed by atoms with Crippen LogP contribution in [0, 0.1) is 19.7 Å². The van der Waals surface area contributed by atoms with E-state index >= 15 is 4.39 Å². The van der Waals surface area contributed by atoms with Crippen LogP contribution in [0.4, 0.5) is 4.39 Å². The number of pyridine rings is 1. The summed E-state index contributed by atoms with van der Waals surface area (Å²) in [6.07, 6.45) is 5.66. The molecule has 4 aromatic rings. The Kier molecular flexibility index (Phi) is 8.74. The van der Waals surface area contributed by atoms with Crippen LogP contribution in [-0.2, 0) is 22.4 Å². The molecule has 2 aromatic carbocycles. The predicted octanol–water partition coefficient (Wildman–Crippen LogP) is 6.97. The number of carbonyl (C=O) groups is 1. The van der Waals surface area contributed by atoms with Crippen LogP contribution in [0.15, 0.2) is 42.5 Å². The van der Waals surface area contributed by atoms with E-state index in [1.165, 1.54) is 13.2 Å². The minimum atomic E-state index is -0.500. The number of nitrogens with one attached hydrogen (secondary N) is 1. The average Bonchev–Trinajstić information content (AvgIpc) is 3.32. The summed E-state index contributed by atoms with van der Waals surface area (Å²) in [7, 11) is 1.37. The number of aromatic amines is 1. The van der Waals surface area contributed by atoms with Crippen LogP contribution in [0.2, 0.25) is 0 Å². The first-order valence-electron chi connectivity index (χ1n) is 13.5. The lowest BCUT2D eigenvalue weighted by Gasteiger charge is -2.23. The van der Waals surface area contributed by atoms with Crippen LogP contribution in [-0.4, -0.2) is 40.4 Å². The second-order valence-electron chi connectivity index (χ2n) is 11.0. The van der Waals surface area contributed by atoms with Crippen molar-refractivity contribution < 1.29 is 23.8 Å². The van der Waals surface area contributed by atoms with Crippen molar-refractivity contribution in [2.75, 3.05) is 13.7 Å². The molecule has 0 atom stereocenters. The third-order valence-corrected chi connectivity index (χ3v) is 6.61. The molecule has 7 heteroatoms. The van der Waals surface area contributed by atoms with Gasteiger partial charge in [0, 0.05) is 22.3 Å². The van der Waals surface area contributed by atoms with Gasteiger partial charge in [-0.25, -0.2) is 9.37 Å². The molecule has 2 aromatic heterocycles. The summed E-state index contributed by atoms with van der Waals surface area (Å²) in [6.45, 7) is 9.61. The van der Waals surface area contributed by atoms with Crippen molar-refractivity contribution in [3.8, 4) is 16.9 Å². The summed E-state index contributed by atoms with van der Waals surface area (Å²) in [5.41, 5.74) is 6.97. The minimum Gasteiger partial charge on any atom is -0.490 e. The first-order valence-corrected chi connectivity index (χ1v) is 13.5. The van der Waals surface area contributed by atoms with Gasteiger partial charge >= 0.3 is 5.97 Å². The van der Waals surface area contributed by atoms with Crippen molar-refractivity contribution in [1.29, 1.82) is 0 Å². The van der Waals surface area contributed by atoms with E-state index in [1.54, 1.807) is 20.8 Å². The summed E-state index contributed by atoms with van der Waals surface area (Å²) >= 11 is 0. The third kappa shape index (κ3) is 6.77. The van der Waals surface area contributed by atoms with E-state index < -0.39 is 5.60 Å². The highest BCUT2D eigenvalue weighted by Gasteiger charge is 2.25.